The van der Waals surface area contributed by atoms with Gasteiger partial charge in [-0.25, -0.2) is 9.59 Å². The number of carbonyl (C=O) groups is 2. The van der Waals surface area contributed by atoms with E-state index in [2.05, 4.69) is 50.3 Å². The van der Waals surface area contributed by atoms with E-state index in [1.54, 1.807) is 0 Å². The first-order valence-electron chi connectivity index (χ1n) is 17.3. The van der Waals surface area contributed by atoms with Crippen molar-refractivity contribution >= 4 is 12.2 Å². The van der Waals surface area contributed by atoms with Gasteiger partial charge in [-0.15, -0.1) is 0 Å². The van der Waals surface area contributed by atoms with Crippen LogP contribution in [0.5, 0.6) is 0 Å². The first-order valence-corrected chi connectivity index (χ1v) is 17.3. The van der Waals surface area contributed by atoms with Crippen LogP contribution in [-0.2, 0) is 16.0 Å². The number of benzene rings is 1. The molecule has 4 aliphatic heterocycles. The molecule has 4 fully saturated rings. The van der Waals surface area contributed by atoms with Crippen molar-refractivity contribution in [3.8, 4) is 0 Å². The van der Waals surface area contributed by atoms with E-state index in [1.165, 1.54) is 5.56 Å². The summed E-state index contributed by atoms with van der Waals surface area (Å²) in [7, 11) is 0. The molecular formula is C35H60N6O4. The van der Waals surface area contributed by atoms with Crippen molar-refractivity contribution in [2.45, 2.75) is 97.1 Å². The number of piperazine rings is 2. The monoisotopic (exact) mass is 628 g/mol. The van der Waals surface area contributed by atoms with Gasteiger partial charge in [0, 0.05) is 97.2 Å². The fraction of sp³-hybridized carbons (Fsp3) is 0.771. The number of amides is 2. The number of hydrogen-bond acceptors (Lipinski definition) is 8. The van der Waals surface area contributed by atoms with E-state index in [0.717, 1.165) is 111 Å². The maximum Gasteiger partial charge on any atom is 0.410 e. The van der Waals surface area contributed by atoms with Crippen molar-refractivity contribution in [3.05, 3.63) is 35.9 Å². The maximum atomic E-state index is 12.2. The molecule has 4 aliphatic rings. The second kappa shape index (κ2) is 16.4. The summed E-state index contributed by atoms with van der Waals surface area (Å²) in [6.45, 7) is 24.8. The highest BCUT2D eigenvalue weighted by Gasteiger charge is 2.32. The third kappa shape index (κ3) is 12.0. The Kier molecular flexibility index (Phi) is 12.9. The number of piperidine rings is 2. The Balaban J connectivity index is 0.000000215. The quantitative estimate of drug-likeness (QED) is 0.523. The summed E-state index contributed by atoms with van der Waals surface area (Å²) >= 11 is 0. The Morgan fingerprint density at radius 3 is 1.49 bits per heavy atom. The molecule has 0 radical (unpaired) electrons. The van der Waals surface area contributed by atoms with Gasteiger partial charge in [0.1, 0.15) is 11.2 Å². The minimum Gasteiger partial charge on any atom is -0.444 e. The molecule has 0 spiro atoms. The average Bonchev–Trinajstić information content (AvgIpc) is 3.01. The maximum absolute atomic E-state index is 12.2. The van der Waals surface area contributed by atoms with Crippen LogP contribution in [0.3, 0.4) is 0 Å². The highest BCUT2D eigenvalue weighted by molar-refractivity contribution is 5.68. The Bertz CT molecular complexity index is 1030. The van der Waals surface area contributed by atoms with Gasteiger partial charge < -0.3 is 24.6 Å². The molecule has 45 heavy (non-hydrogen) atoms. The predicted octanol–water partition coefficient (Wildman–Crippen LogP) is 4.49. The van der Waals surface area contributed by atoms with Crippen LogP contribution in [0, 0.1) is 0 Å². The lowest BCUT2D eigenvalue weighted by Gasteiger charge is -2.42. The molecule has 0 bridgehead atoms. The number of hydrogen-bond donors (Lipinski definition) is 1. The largest absolute Gasteiger partial charge is 0.444 e. The molecule has 1 aromatic carbocycles. The van der Waals surface area contributed by atoms with E-state index < -0.39 is 11.2 Å². The standard InChI is InChI=1S/C21H33N3O2.C14H27N3O2/c1-21(2,3)26-20(25)24-11-9-19(10-12-24)23-15-13-22(14-16-23)17-18-7-5-4-6-8-18;1-14(2,3)19-13(18)17-8-4-12(5-9-17)16-10-6-15-7-11-16/h4-8,19H,9-17H2,1-3H3;12,15H,4-11H2,1-3H3. The Morgan fingerprint density at radius 1 is 0.644 bits per heavy atom. The number of carbonyl (C=O) groups excluding carboxylic acids is 2. The summed E-state index contributed by atoms with van der Waals surface area (Å²) in [5, 5.41) is 3.38. The van der Waals surface area contributed by atoms with Crippen LogP contribution in [0.4, 0.5) is 9.59 Å². The Hall–Kier alpha value is -2.40. The molecule has 4 saturated heterocycles. The lowest BCUT2D eigenvalue weighted by Crippen LogP contribution is -2.53. The van der Waals surface area contributed by atoms with Crippen molar-refractivity contribution in [1.82, 2.24) is 29.8 Å². The minimum atomic E-state index is -0.414. The van der Waals surface area contributed by atoms with Crippen LogP contribution < -0.4 is 5.32 Å². The number of nitrogens with one attached hydrogen (secondary N) is 1. The van der Waals surface area contributed by atoms with Gasteiger partial charge in [0.05, 0.1) is 0 Å². The van der Waals surface area contributed by atoms with Gasteiger partial charge in [-0.3, -0.25) is 14.7 Å². The number of rotatable bonds is 4. The van der Waals surface area contributed by atoms with Crippen LogP contribution in [0.1, 0.15) is 72.8 Å². The summed E-state index contributed by atoms with van der Waals surface area (Å²) in [5.74, 6) is 0. The van der Waals surface area contributed by atoms with Gasteiger partial charge >= 0.3 is 12.2 Å². The SMILES string of the molecule is CC(C)(C)OC(=O)N1CCC(N2CCN(Cc3ccccc3)CC2)CC1.CC(C)(C)OC(=O)N1CCC(N2CCNCC2)CC1. The molecule has 0 unspecified atom stereocenters. The van der Waals surface area contributed by atoms with Gasteiger partial charge in [0.2, 0.25) is 0 Å². The summed E-state index contributed by atoms with van der Waals surface area (Å²) in [5.41, 5.74) is 0.585. The fourth-order valence-corrected chi connectivity index (χ4v) is 6.66. The van der Waals surface area contributed by atoms with Crippen molar-refractivity contribution < 1.29 is 19.1 Å². The number of likely N-dealkylation sites (tertiary alicyclic amines) is 2. The highest BCUT2D eigenvalue weighted by Crippen LogP contribution is 2.22. The van der Waals surface area contributed by atoms with Gasteiger partial charge in [-0.2, -0.15) is 0 Å². The number of nitrogens with zero attached hydrogens (tertiary/aromatic N) is 5. The molecule has 254 valence electrons. The van der Waals surface area contributed by atoms with Crippen molar-refractivity contribution in [2.24, 2.45) is 0 Å². The molecule has 0 saturated carbocycles. The zero-order chi connectivity index (χ0) is 32.5. The normalized spacial score (nSPS) is 22.0. The lowest BCUT2D eigenvalue weighted by atomic mass is 10.0. The first-order chi connectivity index (χ1) is 21.4. The minimum absolute atomic E-state index is 0.161. The predicted molar refractivity (Wildman–Crippen MR) is 179 cm³/mol. The fourth-order valence-electron chi connectivity index (χ4n) is 6.66. The molecular weight excluding hydrogens is 568 g/mol. The second-order valence-corrected chi connectivity index (χ2v) is 15.0. The third-order valence-electron chi connectivity index (χ3n) is 9.07. The van der Waals surface area contributed by atoms with Crippen LogP contribution in [0.25, 0.3) is 0 Å². The molecule has 0 aromatic heterocycles. The summed E-state index contributed by atoms with van der Waals surface area (Å²) in [6, 6.07) is 12.0. The van der Waals surface area contributed by atoms with Crippen molar-refractivity contribution in [1.29, 1.82) is 0 Å². The molecule has 10 heteroatoms. The molecule has 2 amide bonds. The van der Waals surface area contributed by atoms with Crippen molar-refractivity contribution in [2.75, 3.05) is 78.5 Å². The second-order valence-electron chi connectivity index (χ2n) is 15.0. The lowest BCUT2D eigenvalue weighted by molar-refractivity contribution is 0.00947. The molecule has 1 N–H and O–H groups in total. The van der Waals surface area contributed by atoms with E-state index in [1.807, 2.05) is 51.3 Å². The van der Waals surface area contributed by atoms with E-state index >= 15 is 0 Å². The first kappa shape index (κ1) is 35.5. The number of ether oxygens (including phenoxy) is 2. The van der Waals surface area contributed by atoms with Crippen LogP contribution in [-0.4, -0.2) is 139 Å². The molecule has 0 aliphatic carbocycles. The third-order valence-corrected chi connectivity index (χ3v) is 9.07. The topological polar surface area (TPSA) is 80.8 Å². The molecule has 0 atom stereocenters. The van der Waals surface area contributed by atoms with Gasteiger partial charge in [-0.1, -0.05) is 30.3 Å². The summed E-state index contributed by atoms with van der Waals surface area (Å²) in [6.07, 6.45) is 3.92. The summed E-state index contributed by atoms with van der Waals surface area (Å²) in [4.78, 5) is 35.6. The van der Waals surface area contributed by atoms with Gasteiger partial charge in [0.15, 0.2) is 0 Å². The van der Waals surface area contributed by atoms with Crippen LogP contribution in [0.2, 0.25) is 0 Å². The molecule has 10 nitrogen and oxygen atoms in total. The zero-order valence-corrected chi connectivity index (χ0v) is 28.9. The van der Waals surface area contributed by atoms with E-state index in [-0.39, 0.29) is 12.2 Å². The van der Waals surface area contributed by atoms with Gasteiger partial charge in [-0.05, 0) is 72.8 Å². The van der Waals surface area contributed by atoms with Crippen LogP contribution >= 0.6 is 0 Å². The van der Waals surface area contributed by atoms with E-state index in [4.69, 9.17) is 9.47 Å². The molecule has 4 heterocycles. The van der Waals surface area contributed by atoms with Gasteiger partial charge in [0.25, 0.3) is 0 Å². The Labute approximate surface area is 272 Å². The Morgan fingerprint density at radius 2 is 1.07 bits per heavy atom. The van der Waals surface area contributed by atoms with E-state index in [9.17, 15) is 9.59 Å². The molecule has 1 aromatic rings. The van der Waals surface area contributed by atoms with E-state index in [0.29, 0.717) is 12.1 Å². The van der Waals surface area contributed by atoms with Crippen molar-refractivity contribution in [3.63, 3.8) is 0 Å². The highest BCUT2D eigenvalue weighted by atomic mass is 16.6. The summed E-state index contributed by atoms with van der Waals surface area (Å²) < 4.78 is 10.9. The molecule has 5 rings (SSSR count). The zero-order valence-electron chi connectivity index (χ0n) is 28.9. The smallest absolute Gasteiger partial charge is 0.410 e. The average molecular weight is 629 g/mol. The van der Waals surface area contributed by atoms with Crippen LogP contribution in [0.15, 0.2) is 30.3 Å².